The first-order valence-electron chi connectivity index (χ1n) is 3.84. The summed E-state index contributed by atoms with van der Waals surface area (Å²) in [5, 5.41) is 16.8. The van der Waals surface area contributed by atoms with Gasteiger partial charge in [0, 0.05) is 0 Å². The van der Waals surface area contributed by atoms with Gasteiger partial charge in [-0.15, -0.1) is 0 Å². The van der Waals surface area contributed by atoms with Gasteiger partial charge in [-0.3, -0.25) is 13.7 Å². The van der Waals surface area contributed by atoms with Crippen LogP contribution in [0, 0.1) is 0 Å². The van der Waals surface area contributed by atoms with E-state index in [-0.39, 0.29) is 30.8 Å². The maximum Gasteiger partial charge on any atom is 0.295 e. The van der Waals surface area contributed by atoms with E-state index in [2.05, 4.69) is 0 Å². The van der Waals surface area contributed by atoms with Gasteiger partial charge in [0.25, 0.3) is 34.4 Å². The third-order valence-corrected chi connectivity index (χ3v) is 6.95. The SMILES string of the molecule is O=C([O-])C(C(C(=O)[O-])(S(=O)(=O)O)S(=O)(=O)O)S(=O)(=O)O.[NH4+].[NH4+].[NH4+].[NH4+].[NH4+]. The molecule has 0 aliphatic carbocycles. The van der Waals surface area contributed by atoms with Crippen molar-refractivity contribution in [3.05, 3.63) is 0 Å². The molecule has 0 aliphatic rings. The van der Waals surface area contributed by atoms with Crippen molar-refractivity contribution in [2.75, 3.05) is 0 Å². The van der Waals surface area contributed by atoms with Crippen LogP contribution in [0.2, 0.25) is 0 Å². The Kier molecular flexibility index (Phi) is 16.2. The summed E-state index contributed by atoms with van der Waals surface area (Å²) in [5.74, 6) is -6.80. The van der Waals surface area contributed by atoms with Gasteiger partial charge in [-0.05, 0) is 0 Å². The number of hydrogen-bond acceptors (Lipinski definition) is 10. The Labute approximate surface area is 141 Å². The van der Waals surface area contributed by atoms with E-state index in [1.807, 2.05) is 0 Å². The van der Waals surface area contributed by atoms with Gasteiger partial charge in [-0.2, -0.15) is 25.3 Å². The van der Waals surface area contributed by atoms with E-state index in [9.17, 15) is 45.1 Å². The van der Waals surface area contributed by atoms with E-state index in [4.69, 9.17) is 13.7 Å². The molecule has 0 aromatic rings. The van der Waals surface area contributed by atoms with Crippen molar-refractivity contribution in [3.8, 4) is 0 Å². The van der Waals surface area contributed by atoms with Crippen LogP contribution in [0.1, 0.15) is 0 Å². The second kappa shape index (κ2) is 10.5. The first-order valence-corrected chi connectivity index (χ1v) is 8.22. The minimum Gasteiger partial charge on any atom is -0.549 e. The van der Waals surface area contributed by atoms with E-state index in [1.165, 1.54) is 0 Å². The lowest BCUT2D eigenvalue weighted by Crippen LogP contribution is -2.70. The van der Waals surface area contributed by atoms with Gasteiger partial charge >= 0.3 is 0 Å². The number of carboxylic acids is 2. The standard InChI is InChI=1S/C4H6O13S3.5H3N/c5-2(6)1(18(9,10)11)4(3(7)8,19(12,13)14)20(15,16)17;;;;;/h1H,(H,5,6)(H,7,8)(H,9,10,11)(H,12,13,14)(H,15,16,17);5*1H3/p+3. The number of aliphatic carboxylic acids is 2. The van der Waals surface area contributed by atoms with Crippen LogP contribution in [0.3, 0.4) is 0 Å². The molecule has 0 spiro atoms. The molecule has 0 rings (SSSR count). The van der Waals surface area contributed by atoms with Crippen LogP contribution in [0.5, 0.6) is 0 Å². The molecule has 0 bridgehead atoms. The van der Waals surface area contributed by atoms with Gasteiger partial charge in [-0.25, -0.2) is 0 Å². The molecule has 1 atom stereocenters. The fraction of sp³-hybridized carbons (Fsp3) is 0.500. The predicted molar refractivity (Wildman–Crippen MR) is 81.1 cm³/mol. The molecule has 23 N–H and O–H groups in total. The van der Waals surface area contributed by atoms with Gasteiger partial charge in [0.2, 0.25) is 0 Å². The zero-order valence-corrected chi connectivity index (χ0v) is 16.2. The molecule has 0 amide bonds. The van der Waals surface area contributed by atoms with Crippen molar-refractivity contribution in [1.82, 2.24) is 30.8 Å². The molecule has 21 heteroatoms. The zero-order chi connectivity index (χ0) is 16.7. The smallest absolute Gasteiger partial charge is 0.295 e. The van der Waals surface area contributed by atoms with Crippen LogP contribution in [-0.2, 0) is 39.9 Å². The first-order chi connectivity index (χ1) is 8.51. The molecule has 1 unspecified atom stereocenters. The molecular weight excluding hydrogens is 422 g/mol. The molecule has 0 radical (unpaired) electrons. The number of carboxylic acid groups (broad SMARTS) is 2. The summed E-state index contributed by atoms with van der Waals surface area (Å²) in [6.45, 7) is 0. The summed E-state index contributed by atoms with van der Waals surface area (Å²) in [6, 6.07) is 0. The van der Waals surface area contributed by atoms with Crippen LogP contribution >= 0.6 is 0 Å². The number of hydrogen-bond donors (Lipinski definition) is 8. The second-order valence-corrected chi connectivity index (χ2v) is 8.07. The molecule has 0 saturated carbocycles. The maximum atomic E-state index is 10.9. The highest BCUT2D eigenvalue weighted by atomic mass is 32.3. The highest BCUT2D eigenvalue weighted by molar-refractivity contribution is 8.08. The van der Waals surface area contributed by atoms with E-state index in [0.717, 1.165) is 0 Å². The van der Waals surface area contributed by atoms with Gasteiger partial charge in [0.05, 0.1) is 11.9 Å². The Morgan fingerprint density at radius 1 is 0.720 bits per heavy atom. The highest BCUT2D eigenvalue weighted by Gasteiger charge is 2.67. The highest BCUT2D eigenvalue weighted by Crippen LogP contribution is 2.31. The summed E-state index contributed by atoms with van der Waals surface area (Å²) in [4.78, 5) is 21.1. The minimum absolute atomic E-state index is 0. The Morgan fingerprint density at radius 2 is 0.960 bits per heavy atom. The van der Waals surface area contributed by atoms with Crippen molar-refractivity contribution in [3.63, 3.8) is 0 Å². The summed E-state index contributed by atoms with van der Waals surface area (Å²) in [5.41, 5.74) is 0. The molecule has 0 aliphatic heterocycles. The summed E-state index contributed by atoms with van der Waals surface area (Å²) >= 11 is 0. The van der Waals surface area contributed by atoms with Crippen LogP contribution < -0.4 is 41.0 Å². The fourth-order valence-electron chi connectivity index (χ4n) is 1.19. The second-order valence-electron chi connectivity index (χ2n) is 3.12. The van der Waals surface area contributed by atoms with Crippen molar-refractivity contribution in [2.24, 2.45) is 0 Å². The van der Waals surface area contributed by atoms with Crippen LogP contribution in [0.4, 0.5) is 0 Å². The average molecular weight is 446 g/mol. The van der Waals surface area contributed by atoms with E-state index in [0.29, 0.717) is 0 Å². The predicted octanol–water partition coefficient (Wildman–Crippen LogP) is -3.90. The number of carbonyl (C=O) groups is 2. The maximum absolute atomic E-state index is 10.9. The summed E-state index contributed by atoms with van der Waals surface area (Å²) in [7, 11) is -19.6. The monoisotopic (exact) mass is 446 g/mol. The van der Waals surface area contributed by atoms with Crippen LogP contribution in [-0.4, -0.2) is 60.2 Å². The number of rotatable bonds is 6. The van der Waals surface area contributed by atoms with E-state index < -0.39 is 51.6 Å². The molecule has 0 fully saturated rings. The lowest BCUT2D eigenvalue weighted by molar-refractivity contribution is -0.315. The van der Waals surface area contributed by atoms with Gasteiger partial charge in [0.15, 0.2) is 5.25 Å². The lowest BCUT2D eigenvalue weighted by atomic mass is 10.3. The molecule has 0 aromatic heterocycles. The first kappa shape index (κ1) is 38.8. The third-order valence-electron chi connectivity index (χ3n) is 1.91. The van der Waals surface area contributed by atoms with Gasteiger partial charge < -0.3 is 50.6 Å². The Balaban J connectivity index is -0.000000180. The quantitative estimate of drug-likeness (QED) is 0.181. The van der Waals surface area contributed by atoms with Gasteiger partial charge in [-0.1, -0.05) is 0 Å². The molecule has 0 heterocycles. The van der Waals surface area contributed by atoms with Crippen LogP contribution in [0.25, 0.3) is 0 Å². The Bertz CT molecular complexity index is 721. The van der Waals surface area contributed by atoms with Crippen molar-refractivity contribution in [1.29, 1.82) is 0 Å². The largest absolute Gasteiger partial charge is 0.549 e. The topological polar surface area (TPSA) is 426 Å². The molecule has 0 saturated heterocycles. The summed E-state index contributed by atoms with van der Waals surface area (Å²) < 4.78 is 85.1. The van der Waals surface area contributed by atoms with Crippen LogP contribution in [0.15, 0.2) is 0 Å². The van der Waals surface area contributed by atoms with Crippen molar-refractivity contribution in [2.45, 2.75) is 9.33 Å². The van der Waals surface area contributed by atoms with E-state index >= 15 is 0 Å². The fourth-order valence-corrected chi connectivity index (χ4v) is 5.60. The lowest BCUT2D eigenvalue weighted by Gasteiger charge is -2.33. The Hall–Kier alpha value is -1.53. The molecular formula is C4H24N5O13S3+3. The van der Waals surface area contributed by atoms with Crippen molar-refractivity contribution >= 4 is 42.3 Å². The molecule has 158 valence electrons. The number of carbonyl (C=O) groups excluding carboxylic acids is 2. The normalized spacial score (nSPS) is 12.4. The van der Waals surface area contributed by atoms with Crippen molar-refractivity contribution < 1.29 is 58.7 Å². The molecule has 0 aromatic carbocycles. The number of quaternary nitrogens is 5. The molecule has 18 nitrogen and oxygen atoms in total. The minimum atomic E-state index is -6.67. The zero-order valence-electron chi connectivity index (χ0n) is 13.7. The third kappa shape index (κ3) is 6.36. The van der Waals surface area contributed by atoms with E-state index in [1.54, 1.807) is 0 Å². The Morgan fingerprint density at radius 3 is 1.00 bits per heavy atom. The molecule has 25 heavy (non-hydrogen) atoms. The average Bonchev–Trinajstić information content (AvgIpc) is 2.05. The van der Waals surface area contributed by atoms with Gasteiger partial charge in [0.1, 0.15) is 0 Å². The summed E-state index contributed by atoms with van der Waals surface area (Å²) in [6.07, 6.45) is 0.